The smallest absolute Gasteiger partial charge is 1.00 e. The number of piperazine rings is 1. The van der Waals surface area contributed by atoms with E-state index in [0.29, 0.717) is 37.6 Å². The van der Waals surface area contributed by atoms with Crippen LogP contribution in [0.4, 0.5) is 20.6 Å². The van der Waals surface area contributed by atoms with Crippen LogP contribution in [0.15, 0.2) is 30.4 Å². The van der Waals surface area contributed by atoms with Crippen molar-refractivity contribution in [1.29, 1.82) is 0 Å². The Morgan fingerprint density at radius 2 is 1.94 bits per heavy atom. The van der Waals surface area contributed by atoms with Crippen molar-refractivity contribution in [3.63, 3.8) is 0 Å². The van der Waals surface area contributed by atoms with E-state index in [4.69, 9.17) is 9.84 Å². The van der Waals surface area contributed by atoms with E-state index in [1.54, 1.807) is 17.0 Å². The number of hydrogen-bond acceptors (Lipinski definition) is 6. The zero-order chi connectivity index (χ0) is 22.5. The zero-order valence-corrected chi connectivity index (χ0v) is 19.9. The average Bonchev–Trinajstić information content (AvgIpc) is 3.11. The maximum Gasteiger partial charge on any atom is 1.00 e. The van der Waals surface area contributed by atoms with Gasteiger partial charge in [0, 0.05) is 45.3 Å². The Kier molecular flexibility index (Phi) is 9.05. The molecule has 0 radical (unpaired) electrons. The second kappa shape index (κ2) is 11.3. The van der Waals surface area contributed by atoms with E-state index >= 15 is 0 Å². The molecule has 2 aliphatic rings. The summed E-state index contributed by atoms with van der Waals surface area (Å²) in [6.07, 6.45) is 0.669. The number of benzene rings is 1. The summed E-state index contributed by atoms with van der Waals surface area (Å²) < 4.78 is 20.0. The molecule has 0 aromatic heterocycles. The number of cyclic esters (lactones) is 1. The molecule has 3 rings (SSSR count). The Balaban J connectivity index is 0.00000272. The number of carboxylic acid groups (broad SMARTS) is 1. The van der Waals surface area contributed by atoms with Gasteiger partial charge in [-0.2, -0.15) is 0 Å². The second-order valence-corrected chi connectivity index (χ2v) is 7.17. The number of carbonyl (C=O) groups is 4. The number of rotatable bonds is 6. The number of aliphatic carboxylic acids is 1. The predicted molar refractivity (Wildman–Crippen MR) is 109 cm³/mol. The van der Waals surface area contributed by atoms with Gasteiger partial charge in [0.1, 0.15) is 11.9 Å². The van der Waals surface area contributed by atoms with E-state index in [0.717, 1.165) is 12.2 Å². The van der Waals surface area contributed by atoms with Crippen LogP contribution in [0.3, 0.4) is 0 Å². The van der Waals surface area contributed by atoms with Crippen LogP contribution in [-0.4, -0.2) is 79.3 Å². The van der Waals surface area contributed by atoms with Crippen LogP contribution >= 0.6 is 0 Å². The summed E-state index contributed by atoms with van der Waals surface area (Å²) >= 11 is 0. The van der Waals surface area contributed by atoms with Gasteiger partial charge >= 0.3 is 41.6 Å². The summed E-state index contributed by atoms with van der Waals surface area (Å²) in [6.45, 7) is 3.16. The van der Waals surface area contributed by atoms with Crippen molar-refractivity contribution in [2.75, 3.05) is 49.1 Å². The van der Waals surface area contributed by atoms with Crippen LogP contribution < -0.4 is 44.7 Å². The molecule has 2 saturated heterocycles. The van der Waals surface area contributed by atoms with Crippen LogP contribution in [0, 0.1) is 5.82 Å². The number of carboxylic acids is 1. The normalized spacial score (nSPS) is 18.4. The molecule has 0 saturated carbocycles. The fourth-order valence-electron chi connectivity index (χ4n) is 3.43. The summed E-state index contributed by atoms with van der Waals surface area (Å²) in [6, 6.07) is 4.44. The first-order valence-electron chi connectivity index (χ1n) is 9.71. The Morgan fingerprint density at radius 1 is 1.25 bits per heavy atom. The van der Waals surface area contributed by atoms with Crippen molar-refractivity contribution < 1.29 is 64.4 Å². The first-order valence-corrected chi connectivity index (χ1v) is 9.71. The largest absolute Gasteiger partial charge is 1.00 e. The average molecular weight is 458 g/mol. The summed E-state index contributed by atoms with van der Waals surface area (Å²) in [5.41, 5.74) is 0.698. The van der Waals surface area contributed by atoms with E-state index in [9.17, 15) is 23.6 Å². The summed E-state index contributed by atoms with van der Waals surface area (Å²) in [5.74, 6) is -2.34. The van der Waals surface area contributed by atoms with E-state index in [1.165, 1.54) is 22.8 Å². The van der Waals surface area contributed by atoms with E-state index < -0.39 is 29.9 Å². The summed E-state index contributed by atoms with van der Waals surface area (Å²) in [5, 5.41) is 11.2. The zero-order valence-electron chi connectivity index (χ0n) is 18.9. The minimum atomic E-state index is -1.20. The third-order valence-corrected chi connectivity index (χ3v) is 5.00. The molecular formula is C20H24FN4NaO6. The van der Waals surface area contributed by atoms with Crippen LogP contribution in [-0.2, 0) is 19.1 Å². The van der Waals surface area contributed by atoms with Gasteiger partial charge in [0.05, 0.1) is 24.5 Å². The van der Waals surface area contributed by atoms with Gasteiger partial charge in [-0.25, -0.2) is 14.0 Å². The number of halogens is 1. The van der Waals surface area contributed by atoms with Crippen LogP contribution in [0.2, 0.25) is 0 Å². The van der Waals surface area contributed by atoms with Crippen molar-refractivity contribution >= 4 is 35.3 Å². The van der Waals surface area contributed by atoms with Crippen molar-refractivity contribution in [1.82, 2.24) is 10.2 Å². The number of ether oxygens (including phenoxy) is 1. The molecule has 1 atom stereocenters. The number of nitrogens with zero attached hydrogens (tertiary/aromatic N) is 3. The molecule has 3 amide bonds. The Bertz CT molecular complexity index is 926. The van der Waals surface area contributed by atoms with Gasteiger partial charge in [0.2, 0.25) is 11.8 Å². The molecule has 2 N–H and O–H groups in total. The number of amides is 3. The molecule has 1 aromatic rings. The van der Waals surface area contributed by atoms with Gasteiger partial charge in [-0.3, -0.25) is 14.5 Å². The molecule has 2 heterocycles. The fourth-order valence-corrected chi connectivity index (χ4v) is 3.43. The monoisotopic (exact) mass is 458 g/mol. The summed E-state index contributed by atoms with van der Waals surface area (Å²) in [4.78, 5) is 50.2. The van der Waals surface area contributed by atoms with Crippen molar-refractivity contribution in [3.05, 3.63) is 36.2 Å². The molecule has 0 bridgehead atoms. The molecule has 12 heteroatoms. The standard InChI is InChI=1S/C20H23FN4O6.Na.H/c1-13(26)22-11-15-12-25(20(30)31-15)14-2-3-17(16(21)10-14)23-6-8-24(9-7-23)18(27)4-5-19(28)29;;/h2-5,10,15H,6-9,11-12H2,1H3,(H,22,26)(H,28,29);;/q;+1;-1/b5-4+;;/t15-;;/m0../s1. The Hall–Kier alpha value is -2.63. The van der Waals surface area contributed by atoms with Gasteiger partial charge in [0.25, 0.3) is 0 Å². The molecule has 0 unspecified atom stereocenters. The van der Waals surface area contributed by atoms with Gasteiger partial charge < -0.3 is 26.4 Å². The maximum atomic E-state index is 14.8. The maximum absolute atomic E-state index is 14.8. The third kappa shape index (κ3) is 6.44. The van der Waals surface area contributed by atoms with Gasteiger partial charge in [-0.1, -0.05) is 0 Å². The number of nitrogens with one attached hydrogen (secondary N) is 1. The topological polar surface area (TPSA) is 119 Å². The van der Waals surface area contributed by atoms with E-state index in [-0.39, 0.29) is 50.0 Å². The van der Waals surface area contributed by atoms with Crippen molar-refractivity contribution in [2.24, 2.45) is 0 Å². The minimum Gasteiger partial charge on any atom is -1.00 e. The number of carbonyl (C=O) groups excluding carboxylic acids is 3. The molecular weight excluding hydrogens is 434 g/mol. The summed E-state index contributed by atoms with van der Waals surface area (Å²) in [7, 11) is 0. The molecule has 0 aliphatic carbocycles. The second-order valence-electron chi connectivity index (χ2n) is 7.17. The molecule has 32 heavy (non-hydrogen) atoms. The Morgan fingerprint density at radius 3 is 2.53 bits per heavy atom. The van der Waals surface area contributed by atoms with E-state index in [2.05, 4.69) is 5.32 Å². The van der Waals surface area contributed by atoms with Crippen molar-refractivity contribution in [3.8, 4) is 0 Å². The van der Waals surface area contributed by atoms with Gasteiger partial charge in [-0.05, 0) is 18.2 Å². The number of anilines is 2. The fraction of sp³-hybridized carbons (Fsp3) is 0.400. The molecule has 1 aromatic carbocycles. The SMILES string of the molecule is CC(=O)NC[C@H]1CN(c2ccc(N3CCN(C(=O)/C=C/C(=O)O)CC3)c(F)c2)C(=O)O1.[H-].[Na+]. The third-order valence-electron chi connectivity index (χ3n) is 5.00. The minimum absolute atomic E-state index is 0. The molecule has 2 aliphatic heterocycles. The van der Waals surface area contributed by atoms with Gasteiger partial charge in [0.15, 0.2) is 0 Å². The predicted octanol–water partition coefficient (Wildman–Crippen LogP) is -2.31. The first-order chi connectivity index (χ1) is 14.7. The quantitative estimate of drug-likeness (QED) is 0.363. The van der Waals surface area contributed by atoms with Crippen molar-refractivity contribution in [2.45, 2.75) is 13.0 Å². The molecule has 168 valence electrons. The molecule has 10 nitrogen and oxygen atoms in total. The van der Waals surface area contributed by atoms with E-state index in [1.807, 2.05) is 0 Å². The Labute approximate surface area is 207 Å². The molecule has 0 spiro atoms. The molecule has 2 fully saturated rings. The first kappa shape index (κ1) is 25.6. The number of hydrogen-bond donors (Lipinski definition) is 2. The van der Waals surface area contributed by atoms with Crippen LogP contribution in [0.5, 0.6) is 0 Å². The van der Waals surface area contributed by atoms with Crippen LogP contribution in [0.25, 0.3) is 0 Å². The van der Waals surface area contributed by atoms with Crippen LogP contribution in [0.1, 0.15) is 8.35 Å². The van der Waals surface area contributed by atoms with Gasteiger partial charge in [-0.15, -0.1) is 0 Å².